The summed E-state index contributed by atoms with van der Waals surface area (Å²) in [4.78, 5) is 49.4. The van der Waals surface area contributed by atoms with Crippen LogP contribution >= 0.6 is 35.3 Å². The molecule has 56 heavy (non-hydrogen) atoms. The van der Waals surface area contributed by atoms with Crippen molar-refractivity contribution in [2.24, 2.45) is 0 Å². The SMILES string of the molecule is CSc1cccc(Oc2ncc(F)cc2C(=O)NC2CCC(NC(C)=O)CC2)c1.CSc1cccc(Oc2ncc(F)cc2C(=O)NC2CCC(NCl)CC2)c1. The van der Waals surface area contributed by atoms with Gasteiger partial charge in [-0.25, -0.2) is 23.6 Å². The summed E-state index contributed by atoms with van der Waals surface area (Å²) in [6.45, 7) is 1.50. The van der Waals surface area contributed by atoms with Crippen molar-refractivity contribution in [1.29, 1.82) is 0 Å². The van der Waals surface area contributed by atoms with E-state index in [2.05, 4.69) is 30.8 Å². The second-order valence-electron chi connectivity index (χ2n) is 13.4. The molecule has 2 aliphatic carbocycles. The maximum Gasteiger partial charge on any atom is 0.257 e. The standard InChI is InChI=1S/C21H24FN3O3S.C19H21ClFN3O2S/c1-13(26)24-15-6-8-16(9-7-15)25-20(27)19-10-14(22)12-23-21(19)28-17-4-3-5-18(11-17)29-2;1-27-16-4-2-3-15(10-16)26-19-17(9-12(21)11-22-19)18(25)23-13-5-7-14(24-20)8-6-13/h3-5,10-12,15-16H,6-9H2,1-2H3,(H,24,26)(H,25,27);2-4,9-11,13-14,24H,5-8H2,1H3,(H,23,25). The largest absolute Gasteiger partial charge is 0.438 e. The summed E-state index contributed by atoms with van der Waals surface area (Å²) in [7, 11) is 0. The van der Waals surface area contributed by atoms with E-state index in [4.69, 9.17) is 21.3 Å². The summed E-state index contributed by atoms with van der Waals surface area (Å²) in [5, 5.41) is 8.81. The predicted octanol–water partition coefficient (Wildman–Crippen LogP) is 8.43. The lowest BCUT2D eigenvalue weighted by atomic mass is 9.91. The molecule has 0 atom stereocenters. The number of aromatic nitrogens is 2. The number of thioether (sulfide) groups is 2. The number of nitrogens with zero attached hydrogens (tertiary/aromatic N) is 2. The van der Waals surface area contributed by atoms with Gasteiger partial charge < -0.3 is 25.4 Å². The van der Waals surface area contributed by atoms with Gasteiger partial charge in [-0.3, -0.25) is 14.4 Å². The molecule has 6 rings (SSSR count). The Labute approximate surface area is 339 Å². The lowest BCUT2D eigenvalue weighted by Crippen LogP contribution is -2.43. The van der Waals surface area contributed by atoms with Gasteiger partial charge in [0.2, 0.25) is 17.7 Å². The van der Waals surface area contributed by atoms with E-state index >= 15 is 0 Å². The molecule has 2 aromatic heterocycles. The molecule has 2 aliphatic rings. The van der Waals surface area contributed by atoms with Crippen LogP contribution in [0.4, 0.5) is 8.78 Å². The summed E-state index contributed by atoms with van der Waals surface area (Å²) in [5.41, 5.74) is 0.144. The molecule has 16 heteroatoms. The molecule has 2 aromatic carbocycles. The summed E-state index contributed by atoms with van der Waals surface area (Å²) in [6.07, 6.45) is 12.4. The summed E-state index contributed by atoms with van der Waals surface area (Å²) >= 11 is 8.81. The fourth-order valence-electron chi connectivity index (χ4n) is 6.44. The molecule has 0 bridgehead atoms. The van der Waals surface area contributed by atoms with Gasteiger partial charge in [-0.05, 0) is 124 Å². The highest BCUT2D eigenvalue weighted by Gasteiger charge is 2.26. The van der Waals surface area contributed by atoms with Crippen LogP contribution in [-0.2, 0) is 4.79 Å². The monoisotopic (exact) mass is 826 g/mol. The molecular formula is C40H45ClF2N6O5S2. The Morgan fingerprint density at radius 1 is 0.643 bits per heavy atom. The van der Waals surface area contributed by atoms with Crippen molar-refractivity contribution in [1.82, 2.24) is 30.8 Å². The molecule has 2 saturated carbocycles. The van der Waals surface area contributed by atoms with E-state index in [9.17, 15) is 23.2 Å². The number of carbonyl (C=O) groups excluding carboxylic acids is 3. The summed E-state index contributed by atoms with van der Waals surface area (Å²) in [5.74, 6) is -0.816. The Hall–Kier alpha value is -4.44. The molecular weight excluding hydrogens is 782 g/mol. The smallest absolute Gasteiger partial charge is 0.257 e. The van der Waals surface area contributed by atoms with E-state index < -0.39 is 17.5 Å². The number of rotatable bonds is 12. The molecule has 0 spiro atoms. The van der Waals surface area contributed by atoms with Crippen molar-refractivity contribution in [2.75, 3.05) is 12.5 Å². The minimum Gasteiger partial charge on any atom is -0.438 e. The highest BCUT2D eigenvalue weighted by Crippen LogP contribution is 2.30. The molecule has 2 fully saturated rings. The first-order valence-corrected chi connectivity index (χ1v) is 21.1. The van der Waals surface area contributed by atoms with Crippen molar-refractivity contribution >= 4 is 53.0 Å². The first-order chi connectivity index (χ1) is 27.0. The van der Waals surface area contributed by atoms with Crippen LogP contribution in [0.15, 0.2) is 82.8 Å². The van der Waals surface area contributed by atoms with Crippen LogP contribution in [0.5, 0.6) is 23.3 Å². The molecule has 11 nitrogen and oxygen atoms in total. The van der Waals surface area contributed by atoms with Gasteiger partial charge in [-0.1, -0.05) is 12.1 Å². The number of benzene rings is 2. The third-order valence-electron chi connectivity index (χ3n) is 9.32. The van der Waals surface area contributed by atoms with Crippen LogP contribution in [0.1, 0.15) is 79.0 Å². The van der Waals surface area contributed by atoms with E-state index in [0.29, 0.717) is 11.5 Å². The predicted molar refractivity (Wildman–Crippen MR) is 215 cm³/mol. The van der Waals surface area contributed by atoms with E-state index in [-0.39, 0.29) is 58.9 Å². The maximum atomic E-state index is 13.8. The highest BCUT2D eigenvalue weighted by atomic mass is 35.5. The highest BCUT2D eigenvalue weighted by molar-refractivity contribution is 7.98. The Kier molecular flexibility index (Phi) is 16.2. The molecule has 0 radical (unpaired) electrons. The molecule has 3 amide bonds. The van der Waals surface area contributed by atoms with E-state index in [0.717, 1.165) is 85.7 Å². The summed E-state index contributed by atoms with van der Waals surface area (Å²) in [6, 6.07) is 17.5. The van der Waals surface area contributed by atoms with Crippen molar-refractivity contribution in [2.45, 2.75) is 92.2 Å². The fraction of sp³-hybridized carbons (Fsp3) is 0.375. The Morgan fingerprint density at radius 2 is 1.04 bits per heavy atom. The first kappa shape index (κ1) is 42.7. The number of halogens is 3. The van der Waals surface area contributed by atoms with Crippen LogP contribution < -0.4 is 30.3 Å². The Morgan fingerprint density at radius 3 is 1.41 bits per heavy atom. The second-order valence-corrected chi connectivity index (χ2v) is 15.4. The number of hydrogen-bond donors (Lipinski definition) is 4. The lowest BCUT2D eigenvalue weighted by molar-refractivity contribution is -0.119. The average molecular weight is 827 g/mol. The van der Waals surface area contributed by atoms with Gasteiger partial charge >= 0.3 is 0 Å². The number of amides is 3. The minimum atomic E-state index is -0.602. The van der Waals surface area contributed by atoms with Crippen LogP contribution in [0.3, 0.4) is 0 Å². The summed E-state index contributed by atoms with van der Waals surface area (Å²) < 4.78 is 39.0. The lowest BCUT2D eigenvalue weighted by Gasteiger charge is -2.29. The zero-order valence-electron chi connectivity index (χ0n) is 31.3. The molecule has 4 N–H and O–H groups in total. The molecule has 0 unspecified atom stereocenters. The van der Waals surface area contributed by atoms with Crippen LogP contribution in [-0.4, -0.2) is 64.4 Å². The molecule has 0 saturated heterocycles. The van der Waals surface area contributed by atoms with E-state index in [1.165, 1.54) is 6.92 Å². The number of nitrogens with one attached hydrogen (secondary N) is 4. The minimum absolute atomic E-state index is 0.0229. The Balaban J connectivity index is 0.000000215. The number of ether oxygens (including phenoxy) is 2. The van der Waals surface area contributed by atoms with Crippen LogP contribution in [0, 0.1) is 11.6 Å². The first-order valence-electron chi connectivity index (χ1n) is 18.2. The van der Waals surface area contributed by atoms with Gasteiger partial charge in [0.05, 0.1) is 12.4 Å². The topological polar surface area (TPSA) is 144 Å². The average Bonchev–Trinajstić information content (AvgIpc) is 3.20. The van der Waals surface area contributed by atoms with Crippen molar-refractivity contribution in [3.8, 4) is 23.3 Å². The zero-order chi connectivity index (χ0) is 40.0. The van der Waals surface area contributed by atoms with E-state index in [1.54, 1.807) is 35.7 Å². The van der Waals surface area contributed by atoms with Crippen molar-refractivity contribution in [3.05, 3.63) is 95.8 Å². The third kappa shape index (κ3) is 12.8. The van der Waals surface area contributed by atoms with Gasteiger partial charge in [-0.15, -0.1) is 23.5 Å². The van der Waals surface area contributed by atoms with Crippen LogP contribution in [0.2, 0.25) is 0 Å². The number of carbonyl (C=O) groups is 3. The van der Waals surface area contributed by atoms with Gasteiger partial charge in [0, 0.05) is 40.9 Å². The van der Waals surface area contributed by atoms with Gasteiger partial charge in [-0.2, -0.15) is 0 Å². The number of pyridine rings is 2. The van der Waals surface area contributed by atoms with Gasteiger partial charge in [0.15, 0.2) is 0 Å². The van der Waals surface area contributed by atoms with Crippen molar-refractivity contribution < 1.29 is 32.6 Å². The Bertz CT molecular complexity index is 1960. The normalized spacial score (nSPS) is 19.1. The molecule has 2 heterocycles. The third-order valence-corrected chi connectivity index (χ3v) is 11.1. The second kappa shape index (κ2) is 21.2. The van der Waals surface area contributed by atoms with E-state index in [1.807, 2.05) is 48.9 Å². The van der Waals surface area contributed by atoms with Gasteiger partial charge in [0.1, 0.15) is 34.3 Å². The van der Waals surface area contributed by atoms with Crippen molar-refractivity contribution in [3.63, 3.8) is 0 Å². The van der Waals surface area contributed by atoms with Gasteiger partial charge in [0.25, 0.3) is 11.8 Å². The van der Waals surface area contributed by atoms with Crippen LogP contribution in [0.25, 0.3) is 0 Å². The fourth-order valence-corrected chi connectivity index (χ4v) is 7.55. The molecule has 4 aromatic rings. The molecule has 298 valence electrons. The zero-order valence-corrected chi connectivity index (χ0v) is 33.7. The quantitative estimate of drug-likeness (QED) is 0.0812. The maximum absolute atomic E-state index is 13.8. The number of hydrogen-bond acceptors (Lipinski definition) is 10. The molecule has 0 aliphatic heterocycles.